The molecule has 7 nitrogen and oxygen atoms in total. The van der Waals surface area contributed by atoms with E-state index in [1.54, 1.807) is 36.3 Å². The van der Waals surface area contributed by atoms with Crippen molar-refractivity contribution in [3.63, 3.8) is 0 Å². The Morgan fingerprint density at radius 2 is 2.10 bits per heavy atom. The van der Waals surface area contributed by atoms with Gasteiger partial charge in [-0.15, -0.1) is 11.3 Å². The molecule has 1 amide bonds. The zero-order chi connectivity index (χ0) is 20.1. The molecule has 4 rings (SSSR count). The Morgan fingerprint density at radius 1 is 1.21 bits per heavy atom. The highest BCUT2D eigenvalue weighted by molar-refractivity contribution is 8.00. The van der Waals surface area contributed by atoms with E-state index in [0.29, 0.717) is 35.3 Å². The molecule has 2 aromatic carbocycles. The summed E-state index contributed by atoms with van der Waals surface area (Å²) in [5, 5.41) is 6.82. The van der Waals surface area contributed by atoms with Gasteiger partial charge in [0.1, 0.15) is 5.75 Å². The molecule has 29 heavy (non-hydrogen) atoms. The van der Waals surface area contributed by atoms with Crippen LogP contribution in [-0.2, 0) is 17.0 Å². The van der Waals surface area contributed by atoms with Crippen molar-refractivity contribution in [3.05, 3.63) is 60.2 Å². The molecule has 0 bridgehead atoms. The second kappa shape index (κ2) is 9.06. The molecule has 2 aromatic heterocycles. The number of aryl methyl sites for hydroxylation is 1. The number of ether oxygens (including phenoxy) is 1. The van der Waals surface area contributed by atoms with E-state index in [9.17, 15) is 4.79 Å². The summed E-state index contributed by atoms with van der Waals surface area (Å²) < 4.78 is 12.5. The number of aromatic nitrogens is 3. The monoisotopic (exact) mass is 426 g/mol. The first kappa shape index (κ1) is 19.4. The molecule has 0 aliphatic heterocycles. The number of anilines is 1. The van der Waals surface area contributed by atoms with Crippen molar-refractivity contribution < 1.29 is 14.1 Å². The molecule has 0 fully saturated rings. The highest BCUT2D eigenvalue weighted by atomic mass is 32.2. The third-order valence-corrected chi connectivity index (χ3v) is 6.20. The largest absolute Gasteiger partial charge is 0.497 e. The number of thiazole rings is 1. The second-order valence-electron chi connectivity index (χ2n) is 6.12. The van der Waals surface area contributed by atoms with Gasteiger partial charge >= 0.3 is 0 Å². The molecule has 0 saturated carbocycles. The van der Waals surface area contributed by atoms with Crippen molar-refractivity contribution in [3.8, 4) is 5.75 Å². The Kier molecular flexibility index (Phi) is 6.06. The molecule has 0 aliphatic rings. The van der Waals surface area contributed by atoms with Gasteiger partial charge in [0.15, 0.2) is 10.2 Å². The van der Waals surface area contributed by atoms with Crippen LogP contribution in [0.4, 0.5) is 5.69 Å². The number of carbonyl (C=O) groups excluding carboxylic acids is 1. The zero-order valence-electron chi connectivity index (χ0n) is 15.6. The summed E-state index contributed by atoms with van der Waals surface area (Å²) in [6.07, 6.45) is 0.637. The van der Waals surface area contributed by atoms with Crippen molar-refractivity contribution in [2.24, 2.45) is 0 Å². The average Bonchev–Trinajstić information content (AvgIpc) is 3.37. The second-order valence-corrected chi connectivity index (χ2v) is 8.37. The standard InChI is InChI=1S/C20H18N4O3S2/c1-26-14-6-4-5-13(11-14)21-18(25)9-10-19-23-17(24-27-19)12-28-20-22-15-7-2-3-8-16(15)29-20/h2-8,11H,9-10,12H2,1H3,(H,21,25). The minimum Gasteiger partial charge on any atom is -0.497 e. The van der Waals surface area contributed by atoms with E-state index in [1.165, 1.54) is 0 Å². The fourth-order valence-electron chi connectivity index (χ4n) is 2.63. The topological polar surface area (TPSA) is 90.1 Å². The maximum Gasteiger partial charge on any atom is 0.227 e. The molecule has 0 spiro atoms. The van der Waals surface area contributed by atoms with E-state index in [0.717, 1.165) is 14.6 Å². The van der Waals surface area contributed by atoms with Gasteiger partial charge < -0.3 is 14.6 Å². The lowest BCUT2D eigenvalue weighted by atomic mass is 10.2. The number of rotatable bonds is 8. The average molecular weight is 427 g/mol. The molecule has 9 heteroatoms. The van der Waals surface area contributed by atoms with E-state index < -0.39 is 0 Å². The summed E-state index contributed by atoms with van der Waals surface area (Å²) in [6.45, 7) is 0. The first-order valence-corrected chi connectivity index (χ1v) is 10.7. The van der Waals surface area contributed by atoms with Crippen molar-refractivity contribution in [1.29, 1.82) is 0 Å². The highest BCUT2D eigenvalue weighted by Gasteiger charge is 2.11. The predicted molar refractivity (Wildman–Crippen MR) is 113 cm³/mol. The summed E-state index contributed by atoms with van der Waals surface area (Å²) in [5.74, 6) is 2.18. The number of amides is 1. The number of nitrogens with zero attached hydrogens (tertiary/aromatic N) is 3. The SMILES string of the molecule is COc1cccc(NC(=O)CCc2nc(CSc3nc4ccccc4s3)no2)c1. The van der Waals surface area contributed by atoms with Gasteiger partial charge in [-0.2, -0.15) is 4.98 Å². The number of thioether (sulfide) groups is 1. The van der Waals surface area contributed by atoms with Crippen LogP contribution in [0.25, 0.3) is 10.2 Å². The number of fused-ring (bicyclic) bond motifs is 1. The van der Waals surface area contributed by atoms with Crippen LogP contribution < -0.4 is 10.1 Å². The van der Waals surface area contributed by atoms with Crippen LogP contribution in [0, 0.1) is 0 Å². The number of benzene rings is 2. The van der Waals surface area contributed by atoms with Crippen LogP contribution >= 0.6 is 23.1 Å². The molecule has 1 N–H and O–H groups in total. The molecule has 0 atom stereocenters. The summed E-state index contributed by atoms with van der Waals surface area (Å²) in [7, 11) is 1.59. The number of methoxy groups -OCH3 is 1. The highest BCUT2D eigenvalue weighted by Crippen LogP contribution is 2.30. The smallest absolute Gasteiger partial charge is 0.227 e. The van der Waals surface area contributed by atoms with Gasteiger partial charge in [-0.25, -0.2) is 4.98 Å². The Labute approximate surface area is 175 Å². The van der Waals surface area contributed by atoms with Gasteiger partial charge in [0.2, 0.25) is 11.8 Å². The molecule has 148 valence electrons. The minimum atomic E-state index is -0.123. The summed E-state index contributed by atoms with van der Waals surface area (Å²) >= 11 is 3.22. The Morgan fingerprint density at radius 3 is 2.97 bits per heavy atom. The molecule has 4 aromatic rings. The molecule has 2 heterocycles. The number of para-hydroxylation sites is 1. The quantitative estimate of drug-likeness (QED) is 0.413. The van der Waals surface area contributed by atoms with E-state index in [4.69, 9.17) is 9.26 Å². The molecule has 0 radical (unpaired) electrons. The van der Waals surface area contributed by atoms with Crippen molar-refractivity contribution in [2.45, 2.75) is 22.9 Å². The van der Waals surface area contributed by atoms with E-state index >= 15 is 0 Å². The minimum absolute atomic E-state index is 0.123. The van der Waals surface area contributed by atoms with Crippen LogP contribution in [0.5, 0.6) is 5.75 Å². The molecule has 0 unspecified atom stereocenters. The first-order chi connectivity index (χ1) is 14.2. The number of hydrogen-bond donors (Lipinski definition) is 1. The van der Waals surface area contributed by atoms with Gasteiger partial charge in [-0.3, -0.25) is 4.79 Å². The maximum atomic E-state index is 12.1. The van der Waals surface area contributed by atoms with Gasteiger partial charge in [0.05, 0.1) is 23.1 Å². The van der Waals surface area contributed by atoms with Crippen LogP contribution in [0.1, 0.15) is 18.1 Å². The van der Waals surface area contributed by atoms with E-state index in [-0.39, 0.29) is 12.3 Å². The molecule has 0 aliphatic carbocycles. The molecule has 0 saturated heterocycles. The zero-order valence-corrected chi connectivity index (χ0v) is 17.3. The maximum absolute atomic E-state index is 12.1. The van der Waals surface area contributed by atoms with Crippen LogP contribution in [0.15, 0.2) is 57.4 Å². The van der Waals surface area contributed by atoms with Crippen molar-refractivity contribution in [2.75, 3.05) is 12.4 Å². The lowest BCUT2D eigenvalue weighted by molar-refractivity contribution is -0.116. The number of hydrogen-bond acceptors (Lipinski definition) is 8. The number of carbonyl (C=O) groups is 1. The van der Waals surface area contributed by atoms with E-state index in [1.807, 2.05) is 36.4 Å². The van der Waals surface area contributed by atoms with Gasteiger partial charge in [0, 0.05) is 24.6 Å². The number of nitrogens with one attached hydrogen (secondary N) is 1. The van der Waals surface area contributed by atoms with Gasteiger partial charge in [-0.05, 0) is 24.3 Å². The van der Waals surface area contributed by atoms with E-state index in [2.05, 4.69) is 26.5 Å². The third-order valence-electron chi connectivity index (χ3n) is 4.03. The van der Waals surface area contributed by atoms with Gasteiger partial charge in [0.25, 0.3) is 0 Å². The summed E-state index contributed by atoms with van der Waals surface area (Å²) in [6, 6.07) is 15.3. The van der Waals surface area contributed by atoms with Crippen LogP contribution in [-0.4, -0.2) is 28.1 Å². The Hall–Kier alpha value is -2.91. The summed E-state index contributed by atoms with van der Waals surface area (Å²) in [4.78, 5) is 21.1. The Balaban J connectivity index is 1.27. The normalized spacial score (nSPS) is 10.9. The fourth-order valence-corrected chi connectivity index (χ4v) is 4.55. The lowest BCUT2D eigenvalue weighted by Gasteiger charge is -2.06. The lowest BCUT2D eigenvalue weighted by Crippen LogP contribution is -2.12. The molecular formula is C20H18N4O3S2. The third kappa shape index (κ3) is 5.12. The Bertz CT molecular complexity index is 1090. The first-order valence-electron chi connectivity index (χ1n) is 8.93. The molecular weight excluding hydrogens is 408 g/mol. The van der Waals surface area contributed by atoms with Gasteiger partial charge in [-0.1, -0.05) is 35.1 Å². The fraction of sp³-hybridized carbons (Fsp3) is 0.200. The predicted octanol–water partition coefficient (Wildman–Crippen LogP) is 4.55. The van der Waals surface area contributed by atoms with Crippen LogP contribution in [0.2, 0.25) is 0 Å². The van der Waals surface area contributed by atoms with Crippen molar-refractivity contribution >= 4 is 44.9 Å². The van der Waals surface area contributed by atoms with Crippen LogP contribution in [0.3, 0.4) is 0 Å². The van der Waals surface area contributed by atoms with Crippen molar-refractivity contribution in [1.82, 2.24) is 15.1 Å². The summed E-state index contributed by atoms with van der Waals surface area (Å²) in [5.41, 5.74) is 1.68.